The van der Waals surface area contributed by atoms with Crippen molar-refractivity contribution in [1.29, 1.82) is 0 Å². The van der Waals surface area contributed by atoms with E-state index in [9.17, 15) is 4.79 Å². The summed E-state index contributed by atoms with van der Waals surface area (Å²) < 4.78 is 7.86. The van der Waals surface area contributed by atoms with Crippen LogP contribution in [0.2, 0.25) is 0 Å². The van der Waals surface area contributed by atoms with Gasteiger partial charge in [-0.3, -0.25) is 4.79 Å². The predicted octanol–water partition coefficient (Wildman–Crippen LogP) is 2.83. The van der Waals surface area contributed by atoms with Gasteiger partial charge in [-0.05, 0) is 35.0 Å². The molecule has 1 amide bonds. The number of anilines is 1. The first-order valence-corrected chi connectivity index (χ1v) is 6.61. The van der Waals surface area contributed by atoms with Crippen molar-refractivity contribution in [2.75, 3.05) is 11.9 Å². The van der Waals surface area contributed by atoms with Gasteiger partial charge in [0, 0.05) is 23.8 Å². The van der Waals surface area contributed by atoms with Crippen molar-refractivity contribution in [3.05, 3.63) is 40.8 Å². The minimum atomic E-state index is -0.181. The zero-order chi connectivity index (χ0) is 13.8. The van der Waals surface area contributed by atoms with Gasteiger partial charge in [0.2, 0.25) is 5.88 Å². The molecule has 2 heterocycles. The molecule has 0 saturated carbocycles. The highest BCUT2D eigenvalue weighted by Crippen LogP contribution is 2.16. The first kappa shape index (κ1) is 13.6. The van der Waals surface area contributed by atoms with E-state index in [0.717, 1.165) is 4.47 Å². The van der Waals surface area contributed by atoms with Crippen LogP contribution >= 0.6 is 15.9 Å². The Morgan fingerprint density at radius 2 is 2.32 bits per heavy atom. The van der Waals surface area contributed by atoms with Gasteiger partial charge in [0.05, 0.1) is 18.5 Å². The minimum Gasteiger partial charge on any atom is -0.478 e. The van der Waals surface area contributed by atoms with E-state index in [1.807, 2.05) is 20.2 Å². The molecule has 19 heavy (non-hydrogen) atoms. The van der Waals surface area contributed by atoms with Gasteiger partial charge >= 0.3 is 0 Å². The Bertz CT molecular complexity index is 578. The third-order valence-corrected chi connectivity index (χ3v) is 2.92. The van der Waals surface area contributed by atoms with Crippen LogP contribution in [0.1, 0.15) is 17.4 Å². The van der Waals surface area contributed by atoms with Gasteiger partial charge in [0.25, 0.3) is 5.91 Å². The zero-order valence-corrected chi connectivity index (χ0v) is 12.3. The van der Waals surface area contributed by atoms with Crippen molar-refractivity contribution in [2.45, 2.75) is 6.92 Å². The minimum absolute atomic E-state index is 0.181. The van der Waals surface area contributed by atoms with Crippen molar-refractivity contribution in [3.8, 4) is 5.88 Å². The van der Waals surface area contributed by atoms with Crippen LogP contribution < -0.4 is 10.1 Å². The van der Waals surface area contributed by atoms with Crippen LogP contribution in [0.4, 0.5) is 5.69 Å². The molecule has 0 aliphatic heterocycles. The maximum Gasteiger partial charge on any atom is 0.272 e. The van der Waals surface area contributed by atoms with Gasteiger partial charge in [-0.2, -0.15) is 0 Å². The lowest BCUT2D eigenvalue weighted by Gasteiger charge is -2.06. The predicted molar refractivity (Wildman–Crippen MR) is 76.5 cm³/mol. The number of nitrogens with one attached hydrogen (secondary N) is 1. The summed E-state index contributed by atoms with van der Waals surface area (Å²) in [5.41, 5.74) is 1.20. The molecule has 0 saturated heterocycles. The maximum absolute atomic E-state index is 12.0. The molecular weight excluding hydrogens is 310 g/mol. The molecule has 0 bridgehead atoms. The zero-order valence-electron chi connectivity index (χ0n) is 10.7. The molecular formula is C13H14BrN3O2. The highest BCUT2D eigenvalue weighted by molar-refractivity contribution is 9.10. The number of rotatable bonds is 4. The van der Waals surface area contributed by atoms with Gasteiger partial charge in [0.15, 0.2) is 0 Å². The normalized spacial score (nSPS) is 10.3. The Morgan fingerprint density at radius 1 is 1.53 bits per heavy atom. The average Bonchev–Trinajstić information content (AvgIpc) is 2.71. The molecule has 0 unspecified atom stereocenters. The van der Waals surface area contributed by atoms with Gasteiger partial charge in [-0.25, -0.2) is 4.98 Å². The smallest absolute Gasteiger partial charge is 0.272 e. The molecule has 5 nitrogen and oxygen atoms in total. The monoisotopic (exact) mass is 323 g/mol. The molecule has 0 radical (unpaired) electrons. The maximum atomic E-state index is 12.0. The first-order chi connectivity index (χ1) is 9.10. The van der Waals surface area contributed by atoms with Crippen molar-refractivity contribution < 1.29 is 9.53 Å². The summed E-state index contributed by atoms with van der Waals surface area (Å²) in [6.07, 6.45) is 3.40. The van der Waals surface area contributed by atoms with E-state index in [2.05, 4.69) is 26.2 Å². The summed E-state index contributed by atoms with van der Waals surface area (Å²) in [4.78, 5) is 16.1. The fourth-order valence-corrected chi connectivity index (χ4v) is 2.16. The summed E-state index contributed by atoms with van der Waals surface area (Å²) in [7, 11) is 1.82. The number of hydrogen-bond acceptors (Lipinski definition) is 3. The van der Waals surface area contributed by atoms with E-state index in [-0.39, 0.29) is 5.91 Å². The summed E-state index contributed by atoms with van der Waals surface area (Å²) in [5.74, 6) is 0.362. The molecule has 1 N–H and O–H groups in total. The number of carbonyl (C=O) groups excluding carboxylic acids is 1. The van der Waals surface area contributed by atoms with E-state index < -0.39 is 0 Å². The van der Waals surface area contributed by atoms with Crippen LogP contribution in [0.15, 0.2) is 35.1 Å². The number of nitrogens with zero attached hydrogens (tertiary/aromatic N) is 2. The molecule has 0 fully saturated rings. The number of aromatic nitrogens is 2. The van der Waals surface area contributed by atoms with Crippen molar-refractivity contribution in [2.24, 2.45) is 7.05 Å². The quantitative estimate of drug-likeness (QED) is 0.941. The summed E-state index contributed by atoms with van der Waals surface area (Å²) in [6, 6.07) is 5.24. The molecule has 0 aliphatic rings. The number of ether oxygens (including phenoxy) is 1. The third-order valence-electron chi connectivity index (χ3n) is 2.49. The summed E-state index contributed by atoms with van der Waals surface area (Å²) in [5, 5.41) is 2.78. The number of pyridine rings is 1. The van der Waals surface area contributed by atoms with Gasteiger partial charge in [-0.1, -0.05) is 0 Å². The second-order valence-corrected chi connectivity index (χ2v) is 4.84. The summed E-state index contributed by atoms with van der Waals surface area (Å²) in [6.45, 7) is 2.46. The Hall–Kier alpha value is -1.82. The topological polar surface area (TPSA) is 56.1 Å². The fourth-order valence-electron chi connectivity index (χ4n) is 1.63. The lowest BCUT2D eigenvalue weighted by Crippen LogP contribution is -2.15. The van der Waals surface area contributed by atoms with Gasteiger partial charge in [-0.15, -0.1) is 0 Å². The molecule has 6 heteroatoms. The summed E-state index contributed by atoms with van der Waals surface area (Å²) >= 11 is 3.33. The Balaban J connectivity index is 2.08. The van der Waals surface area contributed by atoms with Gasteiger partial charge < -0.3 is 14.6 Å². The van der Waals surface area contributed by atoms with Crippen molar-refractivity contribution in [3.63, 3.8) is 0 Å². The number of carbonyl (C=O) groups is 1. The lowest BCUT2D eigenvalue weighted by atomic mass is 10.3. The van der Waals surface area contributed by atoms with E-state index in [1.54, 1.807) is 29.0 Å². The van der Waals surface area contributed by atoms with Crippen LogP contribution in [-0.4, -0.2) is 22.1 Å². The van der Waals surface area contributed by atoms with Crippen LogP contribution in [-0.2, 0) is 7.05 Å². The lowest BCUT2D eigenvalue weighted by molar-refractivity contribution is 0.101. The Morgan fingerprint density at radius 3 is 2.84 bits per heavy atom. The van der Waals surface area contributed by atoms with Crippen LogP contribution in [0.5, 0.6) is 5.88 Å². The van der Waals surface area contributed by atoms with Crippen LogP contribution in [0, 0.1) is 0 Å². The number of hydrogen-bond donors (Lipinski definition) is 1. The number of amides is 1. The molecule has 2 aromatic rings. The van der Waals surface area contributed by atoms with Crippen molar-refractivity contribution in [1.82, 2.24) is 9.55 Å². The molecule has 100 valence electrons. The highest BCUT2D eigenvalue weighted by Gasteiger charge is 2.11. The largest absolute Gasteiger partial charge is 0.478 e. The Labute approximate surface area is 119 Å². The van der Waals surface area contributed by atoms with Crippen LogP contribution in [0.3, 0.4) is 0 Å². The fraction of sp³-hybridized carbons (Fsp3) is 0.231. The van der Waals surface area contributed by atoms with Crippen molar-refractivity contribution >= 4 is 27.5 Å². The SMILES string of the molecule is CCOc1ccc(NC(=O)c2cc(Br)cn2C)cn1. The third kappa shape index (κ3) is 3.35. The first-order valence-electron chi connectivity index (χ1n) is 5.82. The van der Waals surface area contributed by atoms with E-state index in [1.165, 1.54) is 0 Å². The van der Waals surface area contributed by atoms with E-state index in [0.29, 0.717) is 23.9 Å². The number of halogens is 1. The molecule has 2 aromatic heterocycles. The Kier molecular flexibility index (Phi) is 4.21. The highest BCUT2D eigenvalue weighted by atomic mass is 79.9. The molecule has 0 spiro atoms. The second-order valence-electron chi connectivity index (χ2n) is 3.93. The van der Waals surface area contributed by atoms with Gasteiger partial charge in [0.1, 0.15) is 5.69 Å². The average molecular weight is 324 g/mol. The molecule has 0 aromatic carbocycles. The van der Waals surface area contributed by atoms with Crippen LogP contribution in [0.25, 0.3) is 0 Å². The number of aryl methyl sites for hydroxylation is 1. The standard InChI is InChI=1S/C13H14BrN3O2/c1-3-19-12-5-4-10(7-15-12)16-13(18)11-6-9(14)8-17(11)2/h4-8H,3H2,1-2H3,(H,16,18). The molecule has 0 aliphatic carbocycles. The molecule has 0 atom stereocenters. The second kappa shape index (κ2) is 5.88. The van der Waals surface area contributed by atoms with E-state index >= 15 is 0 Å². The van der Waals surface area contributed by atoms with E-state index in [4.69, 9.17) is 4.74 Å². The molecule has 2 rings (SSSR count).